The molecule has 0 aliphatic carbocycles. The van der Waals surface area contributed by atoms with Crippen molar-refractivity contribution in [2.75, 3.05) is 39.9 Å². The van der Waals surface area contributed by atoms with E-state index in [-0.39, 0.29) is 64.3 Å². The average molecular weight is 730 g/mol. The van der Waals surface area contributed by atoms with Crippen LogP contribution in [-0.2, 0) is 20.8 Å². The molecule has 13 nitrogen and oxygen atoms in total. The monoisotopic (exact) mass is 729 g/mol. The molecule has 3 aromatic carbocycles. The van der Waals surface area contributed by atoms with Crippen molar-refractivity contribution in [2.45, 2.75) is 58.4 Å². The summed E-state index contributed by atoms with van der Waals surface area (Å²) in [5.41, 5.74) is 22.0. The van der Waals surface area contributed by atoms with Gasteiger partial charge in [-0.15, -0.1) is 0 Å². The van der Waals surface area contributed by atoms with Crippen LogP contribution in [-0.4, -0.2) is 91.3 Å². The highest BCUT2D eigenvalue weighted by Gasteiger charge is 2.36. The third kappa shape index (κ3) is 10.3. The van der Waals surface area contributed by atoms with Gasteiger partial charge in [-0.1, -0.05) is 42.8 Å². The summed E-state index contributed by atoms with van der Waals surface area (Å²) in [6.45, 7) is 6.33. The number of hydrogen-bond donors (Lipinski definition) is 6. The average Bonchev–Trinajstić information content (AvgIpc) is 3.12. The van der Waals surface area contributed by atoms with Crippen molar-refractivity contribution in [1.82, 2.24) is 10.2 Å². The van der Waals surface area contributed by atoms with Crippen LogP contribution in [0.25, 0.3) is 11.1 Å². The highest BCUT2D eigenvalue weighted by molar-refractivity contribution is 6.43. The lowest BCUT2D eigenvalue weighted by atomic mass is 9.75. The van der Waals surface area contributed by atoms with Crippen molar-refractivity contribution in [3.05, 3.63) is 82.4 Å². The number of rotatable bonds is 14. The van der Waals surface area contributed by atoms with E-state index in [9.17, 15) is 29.2 Å². The lowest BCUT2D eigenvalue weighted by Gasteiger charge is -2.32. The van der Waals surface area contributed by atoms with Gasteiger partial charge < -0.3 is 46.9 Å². The quantitative estimate of drug-likeness (QED) is 0.104. The maximum absolute atomic E-state index is 14.4. The molecule has 4 bridgehead atoms. The summed E-state index contributed by atoms with van der Waals surface area (Å²) in [5.74, 6) is -3.60. The van der Waals surface area contributed by atoms with Gasteiger partial charge in [-0.2, -0.15) is 0 Å². The number of fused-ring (bicyclic) bond motifs is 5. The Balaban J connectivity index is 1.88. The minimum atomic E-state index is -1.90. The zero-order chi connectivity index (χ0) is 38.8. The molecule has 0 spiro atoms. The highest BCUT2D eigenvalue weighted by atomic mass is 16.5. The standard InChI is InChI=1S/C39H52BN5O8/c1-23-5-8-29(24(2)17-23)32(46)22-28(11-12-41)39(49)45(4)37-27-7-10-35(53-16-14-43)31(21-27)30-19-26(6-9-34(30)52-15-13-42)20-36(40(50)51)44-38(48)25(3)18-33(37)47/h5-10,17,19,21,25,28,36-37,50-51H,11-16,18,20,22,41-43H2,1-4H3,(H,44,48)/t25-,28-,36+,37+/m1/s1. The first-order chi connectivity index (χ1) is 25.3. The second kappa shape index (κ2) is 18.9. The van der Waals surface area contributed by atoms with Gasteiger partial charge in [0.15, 0.2) is 11.6 Å². The fourth-order valence-corrected chi connectivity index (χ4v) is 6.76. The van der Waals surface area contributed by atoms with Crippen LogP contribution in [0.15, 0.2) is 54.6 Å². The first-order valence-corrected chi connectivity index (χ1v) is 18.0. The fraction of sp³-hybridized carbons (Fsp3) is 0.436. The molecule has 14 heteroatoms. The van der Waals surface area contributed by atoms with Crippen LogP contribution in [0.1, 0.15) is 64.8 Å². The van der Waals surface area contributed by atoms with Gasteiger partial charge in [0.2, 0.25) is 11.8 Å². The van der Waals surface area contributed by atoms with E-state index >= 15 is 0 Å². The Morgan fingerprint density at radius 2 is 1.55 bits per heavy atom. The van der Waals surface area contributed by atoms with Crippen molar-refractivity contribution >= 4 is 30.5 Å². The maximum Gasteiger partial charge on any atom is 0.475 e. The smallest absolute Gasteiger partial charge is 0.475 e. The molecule has 0 fully saturated rings. The van der Waals surface area contributed by atoms with E-state index in [1.807, 2.05) is 26.0 Å². The van der Waals surface area contributed by atoms with Crippen LogP contribution in [0.3, 0.4) is 0 Å². The summed E-state index contributed by atoms with van der Waals surface area (Å²) >= 11 is 0. The third-order valence-corrected chi connectivity index (χ3v) is 9.52. The van der Waals surface area contributed by atoms with E-state index in [0.29, 0.717) is 39.3 Å². The predicted octanol–water partition coefficient (Wildman–Crippen LogP) is 2.03. The van der Waals surface area contributed by atoms with Crippen molar-refractivity contribution in [3.63, 3.8) is 0 Å². The molecular formula is C39H52BN5O8. The third-order valence-electron chi connectivity index (χ3n) is 9.52. The summed E-state index contributed by atoms with van der Waals surface area (Å²) < 4.78 is 12.1. The molecule has 1 heterocycles. The number of nitrogens with one attached hydrogen (secondary N) is 1. The zero-order valence-electron chi connectivity index (χ0n) is 31.0. The summed E-state index contributed by atoms with van der Waals surface area (Å²) in [4.78, 5) is 57.1. The lowest BCUT2D eigenvalue weighted by molar-refractivity contribution is -0.142. The lowest BCUT2D eigenvalue weighted by Crippen LogP contribution is -2.50. The van der Waals surface area contributed by atoms with E-state index in [1.165, 1.54) is 11.9 Å². The molecule has 284 valence electrons. The van der Waals surface area contributed by atoms with Crippen LogP contribution >= 0.6 is 0 Å². The number of ether oxygens (including phenoxy) is 2. The minimum absolute atomic E-state index is 0.0517. The van der Waals surface area contributed by atoms with Crippen molar-refractivity contribution < 1.29 is 38.7 Å². The predicted molar refractivity (Wildman–Crippen MR) is 203 cm³/mol. The van der Waals surface area contributed by atoms with Crippen molar-refractivity contribution in [2.24, 2.45) is 29.0 Å². The highest BCUT2D eigenvalue weighted by Crippen LogP contribution is 2.41. The Hall–Kier alpha value is -4.60. The number of amides is 2. The molecule has 0 aromatic heterocycles. The topological polar surface area (TPSA) is 221 Å². The van der Waals surface area contributed by atoms with E-state index in [4.69, 9.17) is 26.7 Å². The molecule has 9 N–H and O–H groups in total. The summed E-state index contributed by atoms with van der Waals surface area (Å²) in [7, 11) is -0.391. The molecule has 0 unspecified atom stereocenters. The molecule has 1 aliphatic rings. The van der Waals surface area contributed by atoms with Crippen LogP contribution in [0.2, 0.25) is 0 Å². The fourth-order valence-electron chi connectivity index (χ4n) is 6.76. The molecule has 4 atom stereocenters. The number of hydrogen-bond acceptors (Lipinski definition) is 11. The Labute approximate surface area is 311 Å². The molecule has 0 saturated heterocycles. The number of aryl methyl sites for hydroxylation is 2. The van der Waals surface area contributed by atoms with E-state index in [2.05, 4.69) is 5.32 Å². The first-order valence-electron chi connectivity index (χ1n) is 18.0. The van der Waals surface area contributed by atoms with E-state index in [0.717, 1.165) is 11.1 Å². The van der Waals surface area contributed by atoms with Gasteiger partial charge in [-0.05, 0) is 74.2 Å². The van der Waals surface area contributed by atoms with Crippen LogP contribution in [0.5, 0.6) is 11.5 Å². The van der Waals surface area contributed by atoms with Crippen molar-refractivity contribution in [1.29, 1.82) is 0 Å². The van der Waals surface area contributed by atoms with Gasteiger partial charge in [0.25, 0.3) is 0 Å². The van der Waals surface area contributed by atoms with E-state index in [1.54, 1.807) is 49.4 Å². The Bertz CT molecular complexity index is 1790. The number of ketones is 2. The van der Waals surface area contributed by atoms with Gasteiger partial charge in [0.05, 0.1) is 5.94 Å². The number of Topliss-reactive ketones (excluding diaryl/α,β-unsaturated/α-hetero) is 2. The van der Waals surface area contributed by atoms with Crippen LogP contribution < -0.4 is 32.0 Å². The Morgan fingerprint density at radius 1 is 0.906 bits per heavy atom. The van der Waals surface area contributed by atoms with Gasteiger partial charge in [0.1, 0.15) is 30.8 Å². The Morgan fingerprint density at radius 3 is 2.15 bits per heavy atom. The molecule has 0 saturated carbocycles. The molecule has 4 rings (SSSR count). The second-order valence-corrected chi connectivity index (χ2v) is 13.7. The molecule has 1 aliphatic heterocycles. The summed E-state index contributed by atoms with van der Waals surface area (Å²) in [5, 5.41) is 23.2. The number of nitrogens with two attached hydrogens (primary N) is 3. The molecule has 3 aromatic rings. The first kappa shape index (κ1) is 41.2. The number of carbonyl (C=O) groups excluding carboxylic acids is 4. The van der Waals surface area contributed by atoms with Gasteiger partial charge in [0, 0.05) is 61.5 Å². The second-order valence-electron chi connectivity index (χ2n) is 13.7. The SMILES string of the molecule is Cc1ccc(C(=O)C[C@@H](CCN)C(=O)N(C)[C@@H]2C(=O)C[C@@H](C)C(=O)N[C@H](B(O)O)Cc3ccc(OCCN)c(c3)-c3cc2ccc3OCCN)c(C)c1. The number of carbonyl (C=O) groups is 4. The van der Waals surface area contributed by atoms with Crippen LogP contribution in [0.4, 0.5) is 0 Å². The van der Waals surface area contributed by atoms with Crippen LogP contribution in [0, 0.1) is 25.7 Å². The van der Waals surface area contributed by atoms with Gasteiger partial charge in [-0.25, -0.2) is 0 Å². The minimum Gasteiger partial charge on any atom is -0.492 e. The normalized spacial score (nSPS) is 18.0. The van der Waals surface area contributed by atoms with E-state index < -0.39 is 48.5 Å². The summed E-state index contributed by atoms with van der Waals surface area (Å²) in [6, 6.07) is 14.7. The molecular weight excluding hydrogens is 677 g/mol. The molecule has 53 heavy (non-hydrogen) atoms. The summed E-state index contributed by atoms with van der Waals surface area (Å²) in [6.07, 6.45) is -0.130. The Kier molecular flexibility index (Phi) is 14.7. The molecule has 2 amide bonds. The number of nitrogens with zero attached hydrogens (tertiary/aromatic N) is 1. The van der Waals surface area contributed by atoms with Gasteiger partial charge >= 0.3 is 7.12 Å². The number of likely N-dealkylation sites (N-methyl/N-ethyl adjacent to an activating group) is 1. The maximum atomic E-state index is 14.4. The van der Waals surface area contributed by atoms with Crippen molar-refractivity contribution in [3.8, 4) is 22.6 Å². The van der Waals surface area contributed by atoms with Gasteiger partial charge in [-0.3, -0.25) is 19.2 Å². The largest absolute Gasteiger partial charge is 0.492 e. The molecule has 0 radical (unpaired) electrons. The zero-order valence-corrected chi connectivity index (χ0v) is 31.0. The number of benzene rings is 3.